The lowest BCUT2D eigenvalue weighted by molar-refractivity contribution is 0.0931. The highest BCUT2D eigenvalue weighted by Crippen LogP contribution is 2.17. The summed E-state index contributed by atoms with van der Waals surface area (Å²) in [6.45, 7) is 0.935. The van der Waals surface area contributed by atoms with E-state index in [9.17, 15) is 4.79 Å². The number of aryl methyl sites for hydroxylation is 1. The van der Waals surface area contributed by atoms with Crippen LogP contribution in [0, 0.1) is 0 Å². The molecule has 3 heterocycles. The molecule has 3 aromatic rings. The van der Waals surface area contributed by atoms with E-state index in [0.717, 1.165) is 43.6 Å². The zero-order valence-electron chi connectivity index (χ0n) is 13.7. The first-order chi connectivity index (χ1) is 12.3. The van der Waals surface area contributed by atoms with Crippen LogP contribution in [0.5, 0.6) is 0 Å². The molecule has 8 heteroatoms. The van der Waals surface area contributed by atoms with Gasteiger partial charge in [0.25, 0.3) is 5.91 Å². The standard InChI is InChI=1S/C17H18N6O2/c24-16(15-21-19-13-9-5-2-6-10-23(13)15)18-11-14-20-22-17(25-14)12-7-3-1-4-8-12/h1,3-4,7-8H,2,5-6,9-11H2,(H,18,24). The van der Waals surface area contributed by atoms with Crippen LogP contribution < -0.4 is 5.32 Å². The van der Waals surface area contributed by atoms with Gasteiger partial charge in [-0.3, -0.25) is 4.79 Å². The van der Waals surface area contributed by atoms with Crippen LogP contribution in [0.15, 0.2) is 34.7 Å². The number of rotatable bonds is 4. The number of amides is 1. The van der Waals surface area contributed by atoms with Crippen molar-refractivity contribution in [3.8, 4) is 11.5 Å². The summed E-state index contributed by atoms with van der Waals surface area (Å²) in [5, 5.41) is 18.9. The highest BCUT2D eigenvalue weighted by Gasteiger charge is 2.20. The first-order valence-corrected chi connectivity index (χ1v) is 8.39. The number of aromatic nitrogens is 5. The average Bonchev–Trinajstić information content (AvgIpc) is 3.22. The van der Waals surface area contributed by atoms with Gasteiger partial charge in [-0.25, -0.2) is 0 Å². The molecule has 0 radical (unpaired) electrons. The van der Waals surface area contributed by atoms with Crippen LogP contribution >= 0.6 is 0 Å². The van der Waals surface area contributed by atoms with Crippen LogP contribution in [0.1, 0.15) is 41.6 Å². The minimum Gasteiger partial charge on any atom is -0.419 e. The molecule has 0 unspecified atom stereocenters. The topological polar surface area (TPSA) is 98.7 Å². The van der Waals surface area contributed by atoms with Crippen molar-refractivity contribution in [2.45, 2.75) is 38.8 Å². The van der Waals surface area contributed by atoms with Gasteiger partial charge in [-0.1, -0.05) is 24.6 Å². The molecule has 0 saturated carbocycles. The van der Waals surface area contributed by atoms with E-state index < -0.39 is 0 Å². The number of nitrogens with zero attached hydrogens (tertiary/aromatic N) is 5. The molecule has 2 aromatic heterocycles. The molecule has 8 nitrogen and oxygen atoms in total. The van der Waals surface area contributed by atoms with Gasteiger partial charge in [0.2, 0.25) is 17.6 Å². The Morgan fingerprint density at radius 2 is 1.96 bits per heavy atom. The van der Waals surface area contributed by atoms with Gasteiger partial charge >= 0.3 is 0 Å². The monoisotopic (exact) mass is 338 g/mol. The summed E-state index contributed by atoms with van der Waals surface area (Å²) in [6.07, 6.45) is 4.14. The summed E-state index contributed by atoms with van der Waals surface area (Å²) in [4.78, 5) is 12.4. The summed E-state index contributed by atoms with van der Waals surface area (Å²) in [7, 11) is 0. The van der Waals surface area contributed by atoms with Crippen molar-refractivity contribution in [1.29, 1.82) is 0 Å². The Morgan fingerprint density at radius 1 is 1.08 bits per heavy atom. The van der Waals surface area contributed by atoms with E-state index in [2.05, 4.69) is 25.7 Å². The van der Waals surface area contributed by atoms with E-state index in [1.54, 1.807) is 0 Å². The summed E-state index contributed by atoms with van der Waals surface area (Å²) in [5.74, 6) is 1.73. The Kier molecular flexibility index (Phi) is 4.24. The van der Waals surface area contributed by atoms with Crippen molar-refractivity contribution in [3.05, 3.63) is 47.9 Å². The maximum atomic E-state index is 12.4. The Bertz CT molecular complexity index is 870. The van der Waals surface area contributed by atoms with Gasteiger partial charge in [-0.2, -0.15) is 0 Å². The van der Waals surface area contributed by atoms with Crippen LogP contribution in [0.25, 0.3) is 11.5 Å². The average molecular weight is 338 g/mol. The van der Waals surface area contributed by atoms with Gasteiger partial charge in [-0.05, 0) is 25.0 Å². The summed E-state index contributed by atoms with van der Waals surface area (Å²) in [5.41, 5.74) is 0.843. The molecule has 0 atom stereocenters. The minimum atomic E-state index is -0.278. The molecule has 1 aromatic carbocycles. The number of carbonyl (C=O) groups excluding carboxylic acids is 1. The highest BCUT2D eigenvalue weighted by molar-refractivity contribution is 5.90. The van der Waals surface area contributed by atoms with Crippen molar-refractivity contribution < 1.29 is 9.21 Å². The van der Waals surface area contributed by atoms with E-state index in [0.29, 0.717) is 17.6 Å². The molecule has 0 bridgehead atoms. The third-order valence-electron chi connectivity index (χ3n) is 4.20. The largest absolute Gasteiger partial charge is 0.419 e. The van der Waals surface area contributed by atoms with Gasteiger partial charge in [0.05, 0.1) is 6.54 Å². The van der Waals surface area contributed by atoms with Crippen molar-refractivity contribution in [2.75, 3.05) is 0 Å². The Balaban J connectivity index is 1.43. The summed E-state index contributed by atoms with van der Waals surface area (Å²) < 4.78 is 7.50. The molecule has 4 rings (SSSR count). The molecule has 1 aliphatic heterocycles. The molecule has 0 fully saturated rings. The SMILES string of the molecule is O=C(NCc1nnc(-c2ccccc2)o1)c1nnc2n1CCCCC2. The Labute approximate surface area is 144 Å². The lowest BCUT2D eigenvalue weighted by Gasteiger charge is -2.06. The second-order valence-electron chi connectivity index (χ2n) is 5.95. The fourth-order valence-corrected chi connectivity index (χ4v) is 2.91. The molecule has 1 N–H and O–H groups in total. The lowest BCUT2D eigenvalue weighted by atomic mass is 10.2. The second kappa shape index (κ2) is 6.84. The number of hydrogen-bond donors (Lipinski definition) is 1. The van der Waals surface area contributed by atoms with E-state index in [1.807, 2.05) is 34.9 Å². The second-order valence-corrected chi connectivity index (χ2v) is 5.95. The van der Waals surface area contributed by atoms with Crippen LogP contribution in [0.4, 0.5) is 0 Å². The molecule has 0 spiro atoms. The normalized spacial score (nSPS) is 13.9. The zero-order chi connectivity index (χ0) is 17.1. The van der Waals surface area contributed by atoms with E-state index in [4.69, 9.17) is 4.42 Å². The number of benzene rings is 1. The summed E-state index contributed by atoms with van der Waals surface area (Å²) >= 11 is 0. The van der Waals surface area contributed by atoms with E-state index >= 15 is 0 Å². The first kappa shape index (κ1) is 15.5. The third kappa shape index (κ3) is 3.28. The molecule has 0 saturated heterocycles. The predicted molar refractivity (Wildman–Crippen MR) is 88.5 cm³/mol. The fourth-order valence-electron chi connectivity index (χ4n) is 2.91. The molecule has 0 aliphatic carbocycles. The fraction of sp³-hybridized carbons (Fsp3) is 0.353. The van der Waals surface area contributed by atoms with Crippen LogP contribution in [-0.2, 0) is 19.5 Å². The summed E-state index contributed by atoms with van der Waals surface area (Å²) in [6, 6.07) is 9.50. The van der Waals surface area contributed by atoms with Crippen molar-refractivity contribution in [2.24, 2.45) is 0 Å². The number of carbonyl (C=O) groups is 1. The number of fused-ring (bicyclic) bond motifs is 1. The van der Waals surface area contributed by atoms with Gasteiger partial charge in [-0.15, -0.1) is 20.4 Å². The highest BCUT2D eigenvalue weighted by atomic mass is 16.4. The molecule has 1 amide bonds. The Morgan fingerprint density at radius 3 is 2.84 bits per heavy atom. The van der Waals surface area contributed by atoms with Gasteiger partial charge in [0, 0.05) is 18.5 Å². The van der Waals surface area contributed by atoms with Crippen molar-refractivity contribution in [3.63, 3.8) is 0 Å². The van der Waals surface area contributed by atoms with Gasteiger partial charge in [0.1, 0.15) is 5.82 Å². The third-order valence-corrected chi connectivity index (χ3v) is 4.20. The first-order valence-electron chi connectivity index (χ1n) is 8.39. The molecule has 128 valence electrons. The maximum absolute atomic E-state index is 12.4. The van der Waals surface area contributed by atoms with Crippen LogP contribution in [-0.4, -0.2) is 30.9 Å². The molecular weight excluding hydrogens is 320 g/mol. The van der Waals surface area contributed by atoms with Gasteiger partial charge < -0.3 is 14.3 Å². The van der Waals surface area contributed by atoms with Crippen molar-refractivity contribution >= 4 is 5.91 Å². The zero-order valence-corrected chi connectivity index (χ0v) is 13.7. The minimum absolute atomic E-state index is 0.154. The quantitative estimate of drug-likeness (QED) is 0.781. The maximum Gasteiger partial charge on any atom is 0.289 e. The number of hydrogen-bond acceptors (Lipinski definition) is 6. The van der Waals surface area contributed by atoms with Gasteiger partial charge in [0.15, 0.2) is 0 Å². The van der Waals surface area contributed by atoms with Crippen LogP contribution in [0.2, 0.25) is 0 Å². The number of nitrogens with one attached hydrogen (secondary N) is 1. The Hall–Kier alpha value is -3.03. The molecule has 25 heavy (non-hydrogen) atoms. The van der Waals surface area contributed by atoms with E-state index in [1.165, 1.54) is 0 Å². The van der Waals surface area contributed by atoms with Crippen molar-refractivity contribution in [1.82, 2.24) is 30.3 Å². The lowest BCUT2D eigenvalue weighted by Crippen LogP contribution is -2.26. The van der Waals surface area contributed by atoms with E-state index in [-0.39, 0.29) is 12.5 Å². The predicted octanol–water partition coefficient (Wildman–Crippen LogP) is 1.98. The van der Waals surface area contributed by atoms with Crippen LogP contribution in [0.3, 0.4) is 0 Å². The smallest absolute Gasteiger partial charge is 0.289 e. The molecule has 1 aliphatic rings. The molecular formula is C17H18N6O2.